The minimum atomic E-state index is -3.33. The smallest absolute Gasteiger partial charge is 0.209 e. The van der Waals surface area contributed by atoms with Crippen molar-refractivity contribution < 1.29 is 8.42 Å². The second kappa shape index (κ2) is 5.28. The standard InChI is InChI=1S/C7H11N3O2S2/c8-14(11,12)6-2-5-13-7-9-3-1-4-10-7/h1,3-4H,2,5-6H2,(H2,8,11,12). The fourth-order valence-electron chi connectivity index (χ4n) is 0.784. The lowest BCUT2D eigenvalue weighted by molar-refractivity contribution is 0.596. The molecule has 1 aromatic rings. The van der Waals surface area contributed by atoms with Crippen LogP contribution in [0.2, 0.25) is 0 Å². The number of rotatable bonds is 5. The first kappa shape index (κ1) is 11.4. The molecule has 14 heavy (non-hydrogen) atoms. The van der Waals surface area contributed by atoms with E-state index in [4.69, 9.17) is 5.14 Å². The predicted molar refractivity (Wildman–Crippen MR) is 55.3 cm³/mol. The summed E-state index contributed by atoms with van der Waals surface area (Å²) in [6, 6.07) is 1.73. The first-order chi connectivity index (χ1) is 6.58. The Bertz CT molecular complexity index is 366. The molecule has 0 radical (unpaired) electrons. The molecule has 0 aromatic carbocycles. The molecule has 1 rings (SSSR count). The summed E-state index contributed by atoms with van der Waals surface area (Å²) in [6.45, 7) is 0. The number of thioether (sulfide) groups is 1. The maximum absolute atomic E-state index is 10.6. The fourth-order valence-corrected chi connectivity index (χ4v) is 2.25. The summed E-state index contributed by atoms with van der Waals surface area (Å²) in [5, 5.41) is 5.50. The summed E-state index contributed by atoms with van der Waals surface area (Å²) in [4.78, 5) is 7.97. The van der Waals surface area contributed by atoms with Gasteiger partial charge in [-0.15, -0.1) is 0 Å². The number of nitrogens with two attached hydrogens (primary N) is 1. The lowest BCUT2D eigenvalue weighted by atomic mass is 10.6. The molecule has 1 heterocycles. The van der Waals surface area contributed by atoms with Gasteiger partial charge in [0.2, 0.25) is 10.0 Å². The highest BCUT2D eigenvalue weighted by Crippen LogP contribution is 2.11. The zero-order valence-corrected chi connectivity index (χ0v) is 9.09. The molecule has 78 valence electrons. The van der Waals surface area contributed by atoms with Gasteiger partial charge in [0.15, 0.2) is 5.16 Å². The predicted octanol–water partition coefficient (Wildman–Crippen LogP) is 0.247. The third kappa shape index (κ3) is 5.15. The van der Waals surface area contributed by atoms with E-state index in [0.29, 0.717) is 17.3 Å². The van der Waals surface area contributed by atoms with E-state index in [-0.39, 0.29) is 5.75 Å². The highest BCUT2D eigenvalue weighted by Gasteiger charge is 2.02. The van der Waals surface area contributed by atoms with Gasteiger partial charge in [-0.3, -0.25) is 0 Å². The molecule has 0 saturated carbocycles. The summed E-state index contributed by atoms with van der Waals surface area (Å²) in [5.74, 6) is 0.660. The van der Waals surface area contributed by atoms with E-state index >= 15 is 0 Å². The molecule has 1 aromatic heterocycles. The Labute approximate surface area is 87.2 Å². The maximum atomic E-state index is 10.6. The highest BCUT2D eigenvalue weighted by atomic mass is 32.2. The summed E-state index contributed by atoms with van der Waals surface area (Å²) in [7, 11) is -3.33. The van der Waals surface area contributed by atoms with Crippen molar-refractivity contribution in [1.29, 1.82) is 0 Å². The lowest BCUT2D eigenvalue weighted by Crippen LogP contribution is -2.16. The third-order valence-corrected chi connectivity index (χ3v) is 3.17. The van der Waals surface area contributed by atoms with Crippen molar-refractivity contribution in [3.63, 3.8) is 0 Å². The lowest BCUT2D eigenvalue weighted by Gasteiger charge is -1.98. The van der Waals surface area contributed by atoms with Gasteiger partial charge in [-0.2, -0.15) is 0 Å². The Hall–Kier alpha value is -0.660. The summed E-state index contributed by atoms with van der Waals surface area (Å²) in [5.41, 5.74) is 0. The van der Waals surface area contributed by atoms with Gasteiger partial charge in [0.05, 0.1) is 5.75 Å². The molecule has 7 heteroatoms. The van der Waals surface area contributed by atoms with Crippen molar-refractivity contribution in [3.8, 4) is 0 Å². The summed E-state index contributed by atoms with van der Waals surface area (Å²) < 4.78 is 21.2. The molecule has 0 amide bonds. The monoisotopic (exact) mass is 233 g/mol. The van der Waals surface area contributed by atoms with Crippen LogP contribution < -0.4 is 5.14 Å². The first-order valence-electron chi connectivity index (χ1n) is 3.98. The molecule has 0 aliphatic carbocycles. The van der Waals surface area contributed by atoms with E-state index in [1.807, 2.05) is 0 Å². The van der Waals surface area contributed by atoms with E-state index in [1.165, 1.54) is 11.8 Å². The van der Waals surface area contributed by atoms with Crippen molar-refractivity contribution in [1.82, 2.24) is 9.97 Å². The number of nitrogens with zero attached hydrogens (tertiary/aromatic N) is 2. The summed E-state index contributed by atoms with van der Waals surface area (Å²) >= 11 is 1.42. The van der Waals surface area contributed by atoms with Crippen LogP contribution in [0.15, 0.2) is 23.6 Å². The molecule has 5 nitrogen and oxygen atoms in total. The molecule has 0 spiro atoms. The number of hydrogen-bond acceptors (Lipinski definition) is 5. The zero-order chi connectivity index (χ0) is 10.4. The van der Waals surface area contributed by atoms with E-state index in [0.717, 1.165) is 0 Å². The normalized spacial score (nSPS) is 11.5. The zero-order valence-electron chi connectivity index (χ0n) is 7.46. The third-order valence-electron chi connectivity index (χ3n) is 1.35. The summed E-state index contributed by atoms with van der Waals surface area (Å²) in [6.07, 6.45) is 3.81. The van der Waals surface area contributed by atoms with Crippen molar-refractivity contribution in [2.24, 2.45) is 5.14 Å². The van der Waals surface area contributed by atoms with Crippen LogP contribution in [0.5, 0.6) is 0 Å². The number of primary sulfonamides is 1. The Morgan fingerprint density at radius 3 is 2.57 bits per heavy atom. The Morgan fingerprint density at radius 2 is 2.00 bits per heavy atom. The maximum Gasteiger partial charge on any atom is 0.209 e. The van der Waals surface area contributed by atoms with Crippen LogP contribution in [0.3, 0.4) is 0 Å². The second-order valence-corrected chi connectivity index (χ2v) is 5.40. The molecule has 0 fully saturated rings. The van der Waals surface area contributed by atoms with Crippen LogP contribution in [0, 0.1) is 0 Å². The second-order valence-electron chi connectivity index (χ2n) is 2.60. The van der Waals surface area contributed by atoms with Gasteiger partial charge in [-0.25, -0.2) is 23.5 Å². The minimum absolute atomic E-state index is 0.00678. The van der Waals surface area contributed by atoms with Gasteiger partial charge < -0.3 is 0 Å². The van der Waals surface area contributed by atoms with E-state index in [1.54, 1.807) is 18.5 Å². The molecule has 0 aliphatic heterocycles. The number of hydrogen-bond donors (Lipinski definition) is 1. The number of aromatic nitrogens is 2. The quantitative estimate of drug-likeness (QED) is 0.447. The van der Waals surface area contributed by atoms with Crippen LogP contribution in [0.25, 0.3) is 0 Å². The highest BCUT2D eigenvalue weighted by molar-refractivity contribution is 7.99. The van der Waals surface area contributed by atoms with Gasteiger partial charge in [-0.1, -0.05) is 11.8 Å². The van der Waals surface area contributed by atoms with Crippen LogP contribution >= 0.6 is 11.8 Å². The SMILES string of the molecule is NS(=O)(=O)CCCSc1ncccn1. The van der Waals surface area contributed by atoms with Crippen LogP contribution in [0.1, 0.15) is 6.42 Å². The van der Waals surface area contributed by atoms with Crippen molar-refractivity contribution >= 4 is 21.8 Å². The first-order valence-corrected chi connectivity index (χ1v) is 6.68. The van der Waals surface area contributed by atoms with Gasteiger partial charge in [-0.05, 0) is 12.5 Å². The largest absolute Gasteiger partial charge is 0.231 e. The van der Waals surface area contributed by atoms with Crippen molar-refractivity contribution in [2.75, 3.05) is 11.5 Å². The Balaban J connectivity index is 2.23. The molecule has 0 bridgehead atoms. The van der Waals surface area contributed by atoms with Crippen molar-refractivity contribution in [2.45, 2.75) is 11.6 Å². The average molecular weight is 233 g/mol. The molecule has 0 aliphatic rings. The van der Waals surface area contributed by atoms with Gasteiger partial charge >= 0.3 is 0 Å². The van der Waals surface area contributed by atoms with Crippen molar-refractivity contribution in [3.05, 3.63) is 18.5 Å². The van der Waals surface area contributed by atoms with Crippen LogP contribution in [-0.4, -0.2) is 29.9 Å². The minimum Gasteiger partial charge on any atom is -0.231 e. The fraction of sp³-hybridized carbons (Fsp3) is 0.429. The van der Waals surface area contributed by atoms with Gasteiger partial charge in [0, 0.05) is 18.1 Å². The van der Waals surface area contributed by atoms with Gasteiger partial charge in [0.25, 0.3) is 0 Å². The molecule has 0 unspecified atom stereocenters. The topological polar surface area (TPSA) is 85.9 Å². The Kier molecular flexibility index (Phi) is 4.30. The van der Waals surface area contributed by atoms with Crippen LogP contribution in [-0.2, 0) is 10.0 Å². The van der Waals surface area contributed by atoms with E-state index in [2.05, 4.69) is 9.97 Å². The Morgan fingerprint density at radius 1 is 1.36 bits per heavy atom. The molecule has 2 N–H and O–H groups in total. The molecular formula is C7H11N3O2S2. The molecule has 0 saturated heterocycles. The average Bonchev–Trinajstić information content (AvgIpc) is 2.13. The van der Waals surface area contributed by atoms with Gasteiger partial charge in [0.1, 0.15) is 0 Å². The van der Waals surface area contributed by atoms with E-state index < -0.39 is 10.0 Å². The number of sulfonamides is 1. The van der Waals surface area contributed by atoms with Crippen LogP contribution in [0.4, 0.5) is 0 Å². The molecular weight excluding hydrogens is 222 g/mol. The van der Waals surface area contributed by atoms with E-state index in [9.17, 15) is 8.42 Å². The molecule has 0 atom stereocenters.